The molecule has 106 valence electrons. The molecule has 2 heteroatoms. The monoisotopic (exact) mass is 285 g/mol. The number of hydrogen-bond acceptors (Lipinski definition) is 2. The van der Waals surface area contributed by atoms with Gasteiger partial charge in [0.25, 0.3) is 0 Å². The van der Waals surface area contributed by atoms with E-state index in [0.717, 1.165) is 46.2 Å². The van der Waals surface area contributed by atoms with E-state index in [0.29, 0.717) is 0 Å². The van der Waals surface area contributed by atoms with Crippen molar-refractivity contribution >= 4 is 5.78 Å². The van der Waals surface area contributed by atoms with Gasteiger partial charge in [0.2, 0.25) is 0 Å². The zero-order chi connectivity index (χ0) is 14.9. The first kappa shape index (κ1) is 13.0. The average Bonchev–Trinajstić information content (AvgIpc) is 2.56. The molecule has 0 aliphatic heterocycles. The smallest absolute Gasteiger partial charge is 0.193 e. The Balaban J connectivity index is 1.80. The van der Waals surface area contributed by atoms with Crippen molar-refractivity contribution in [1.82, 2.24) is 4.98 Å². The highest BCUT2D eigenvalue weighted by molar-refractivity contribution is 6.13. The number of aromatic nitrogens is 1. The average molecular weight is 285 g/mol. The molecule has 1 aliphatic rings. The lowest BCUT2D eigenvalue weighted by molar-refractivity contribution is 0.103. The normalized spacial score (nSPS) is 12.6. The van der Waals surface area contributed by atoms with E-state index in [-0.39, 0.29) is 5.78 Å². The van der Waals surface area contributed by atoms with Gasteiger partial charge in [0.05, 0.1) is 0 Å². The number of fused-ring (bicyclic) bond motifs is 2. The van der Waals surface area contributed by atoms with Gasteiger partial charge >= 0.3 is 0 Å². The number of benzene rings is 2. The van der Waals surface area contributed by atoms with E-state index in [9.17, 15) is 4.79 Å². The van der Waals surface area contributed by atoms with Gasteiger partial charge in [-0.05, 0) is 41.2 Å². The Morgan fingerprint density at radius 1 is 0.909 bits per heavy atom. The first-order valence-electron chi connectivity index (χ1n) is 7.45. The fourth-order valence-corrected chi connectivity index (χ4v) is 3.20. The van der Waals surface area contributed by atoms with E-state index in [1.54, 1.807) is 6.20 Å². The molecule has 0 saturated carbocycles. The quantitative estimate of drug-likeness (QED) is 0.560. The lowest BCUT2D eigenvalue weighted by atomic mass is 9.81. The number of hydrogen-bond donors (Lipinski definition) is 0. The molecule has 22 heavy (non-hydrogen) atoms. The predicted molar refractivity (Wildman–Crippen MR) is 86.2 cm³/mol. The Labute approximate surface area is 129 Å². The molecule has 0 amide bonds. The molecule has 2 aromatic carbocycles. The molecular formula is C20H15NO. The van der Waals surface area contributed by atoms with Crippen LogP contribution in [0.2, 0.25) is 0 Å². The molecule has 3 aromatic rings. The van der Waals surface area contributed by atoms with Crippen LogP contribution >= 0.6 is 0 Å². The summed E-state index contributed by atoms with van der Waals surface area (Å²) in [4.78, 5) is 17.1. The molecule has 0 atom stereocenters. The fraction of sp³-hybridized carbons (Fsp3) is 0.100. The van der Waals surface area contributed by atoms with Crippen LogP contribution in [0.15, 0.2) is 67.0 Å². The summed E-state index contributed by atoms with van der Waals surface area (Å²) in [6.45, 7) is 0. The zero-order valence-corrected chi connectivity index (χ0v) is 12.1. The second-order valence-corrected chi connectivity index (χ2v) is 5.65. The molecule has 0 bridgehead atoms. The molecule has 0 radical (unpaired) electrons. The van der Waals surface area contributed by atoms with E-state index in [1.165, 1.54) is 0 Å². The summed E-state index contributed by atoms with van der Waals surface area (Å²) in [6.07, 6.45) is 5.20. The van der Waals surface area contributed by atoms with E-state index in [4.69, 9.17) is 0 Å². The zero-order valence-electron chi connectivity index (χ0n) is 12.1. The second-order valence-electron chi connectivity index (χ2n) is 5.65. The predicted octanol–water partition coefficient (Wildman–Crippen LogP) is 3.81. The SMILES string of the molecule is O=C1c2ccccc2Cc2cccc(Cc3cccnc3)c21. The van der Waals surface area contributed by atoms with Crippen LogP contribution in [0.3, 0.4) is 0 Å². The van der Waals surface area contributed by atoms with Crippen LogP contribution in [0.4, 0.5) is 0 Å². The van der Waals surface area contributed by atoms with E-state index < -0.39 is 0 Å². The third-order valence-corrected chi connectivity index (χ3v) is 4.22. The lowest BCUT2D eigenvalue weighted by Gasteiger charge is -2.21. The first-order valence-corrected chi connectivity index (χ1v) is 7.45. The summed E-state index contributed by atoms with van der Waals surface area (Å²) in [5, 5.41) is 0. The molecule has 0 saturated heterocycles. The maximum Gasteiger partial charge on any atom is 0.193 e. The highest BCUT2D eigenvalue weighted by Gasteiger charge is 2.25. The molecule has 2 nitrogen and oxygen atoms in total. The van der Waals surface area contributed by atoms with Crippen LogP contribution in [-0.2, 0) is 12.8 Å². The standard InChI is InChI=1S/C20H15NO/c22-20-18-9-2-1-6-15(18)12-17-8-3-7-16(19(17)20)11-14-5-4-10-21-13-14/h1-10,13H,11-12H2. The van der Waals surface area contributed by atoms with Gasteiger partial charge in [0.15, 0.2) is 5.78 Å². The molecule has 0 fully saturated rings. The molecular weight excluding hydrogens is 270 g/mol. The van der Waals surface area contributed by atoms with Crippen LogP contribution in [-0.4, -0.2) is 10.8 Å². The Kier molecular flexibility index (Phi) is 3.08. The molecule has 1 heterocycles. The van der Waals surface area contributed by atoms with Crippen molar-refractivity contribution in [2.75, 3.05) is 0 Å². The molecule has 0 N–H and O–H groups in total. The molecule has 4 rings (SSSR count). The first-order chi connectivity index (χ1) is 10.8. The van der Waals surface area contributed by atoms with Gasteiger partial charge < -0.3 is 0 Å². The van der Waals surface area contributed by atoms with Crippen molar-refractivity contribution < 1.29 is 4.79 Å². The topological polar surface area (TPSA) is 30.0 Å². The van der Waals surface area contributed by atoms with E-state index in [1.807, 2.05) is 48.7 Å². The van der Waals surface area contributed by atoms with Crippen molar-refractivity contribution in [3.8, 4) is 0 Å². The van der Waals surface area contributed by atoms with Crippen LogP contribution in [0.25, 0.3) is 0 Å². The van der Waals surface area contributed by atoms with Crippen molar-refractivity contribution in [2.45, 2.75) is 12.8 Å². The minimum atomic E-state index is 0.149. The van der Waals surface area contributed by atoms with Crippen molar-refractivity contribution in [3.05, 3.63) is 100 Å². The second kappa shape index (κ2) is 5.23. The summed E-state index contributed by atoms with van der Waals surface area (Å²) in [5.41, 5.74) is 6.19. The molecule has 0 spiro atoms. The number of nitrogens with zero attached hydrogens (tertiary/aromatic N) is 1. The number of carbonyl (C=O) groups excluding carboxylic acids is 1. The Morgan fingerprint density at radius 3 is 2.64 bits per heavy atom. The van der Waals surface area contributed by atoms with Gasteiger partial charge in [-0.1, -0.05) is 48.5 Å². The Morgan fingerprint density at radius 2 is 1.77 bits per heavy atom. The molecule has 1 aliphatic carbocycles. The van der Waals surface area contributed by atoms with Gasteiger partial charge in [-0.3, -0.25) is 9.78 Å². The maximum atomic E-state index is 12.9. The minimum Gasteiger partial charge on any atom is -0.289 e. The van der Waals surface area contributed by atoms with Crippen LogP contribution in [0, 0.1) is 0 Å². The van der Waals surface area contributed by atoms with Gasteiger partial charge in [-0.15, -0.1) is 0 Å². The van der Waals surface area contributed by atoms with E-state index in [2.05, 4.69) is 17.1 Å². The van der Waals surface area contributed by atoms with Crippen molar-refractivity contribution in [3.63, 3.8) is 0 Å². The van der Waals surface area contributed by atoms with Gasteiger partial charge in [0.1, 0.15) is 0 Å². The highest BCUT2D eigenvalue weighted by atomic mass is 16.1. The number of ketones is 1. The summed E-state index contributed by atoms with van der Waals surface area (Å²) in [7, 11) is 0. The van der Waals surface area contributed by atoms with Crippen LogP contribution in [0.5, 0.6) is 0 Å². The number of pyridine rings is 1. The largest absolute Gasteiger partial charge is 0.289 e. The van der Waals surface area contributed by atoms with Gasteiger partial charge in [0, 0.05) is 23.5 Å². The summed E-state index contributed by atoms with van der Waals surface area (Å²) < 4.78 is 0. The molecule has 1 aromatic heterocycles. The maximum absolute atomic E-state index is 12.9. The van der Waals surface area contributed by atoms with Crippen molar-refractivity contribution in [1.29, 1.82) is 0 Å². The summed E-state index contributed by atoms with van der Waals surface area (Å²) in [5.74, 6) is 0.149. The van der Waals surface area contributed by atoms with Crippen molar-refractivity contribution in [2.24, 2.45) is 0 Å². The Hall–Kier alpha value is -2.74. The third-order valence-electron chi connectivity index (χ3n) is 4.22. The van der Waals surface area contributed by atoms with Crippen LogP contribution in [0.1, 0.15) is 38.2 Å². The van der Waals surface area contributed by atoms with E-state index >= 15 is 0 Å². The Bertz CT molecular complexity index is 853. The number of carbonyl (C=O) groups is 1. The van der Waals surface area contributed by atoms with Gasteiger partial charge in [-0.2, -0.15) is 0 Å². The highest BCUT2D eigenvalue weighted by Crippen LogP contribution is 2.30. The number of rotatable bonds is 2. The fourth-order valence-electron chi connectivity index (χ4n) is 3.20. The molecule has 0 unspecified atom stereocenters. The van der Waals surface area contributed by atoms with Crippen LogP contribution < -0.4 is 0 Å². The minimum absolute atomic E-state index is 0.149. The third kappa shape index (κ3) is 2.13. The van der Waals surface area contributed by atoms with Gasteiger partial charge in [-0.25, -0.2) is 0 Å². The lowest BCUT2D eigenvalue weighted by Crippen LogP contribution is -2.17. The summed E-state index contributed by atoms with van der Waals surface area (Å²) in [6, 6.07) is 18.1. The summed E-state index contributed by atoms with van der Waals surface area (Å²) >= 11 is 0.